The van der Waals surface area contributed by atoms with Crippen LogP contribution in [0.4, 0.5) is 4.39 Å². The SMILES string of the molecule is COCc1cc(C)ccc1-c1cc(C)c(CP)cc1F. The minimum absolute atomic E-state index is 0.172. The van der Waals surface area contributed by atoms with Crippen molar-refractivity contribution in [1.82, 2.24) is 0 Å². The first kappa shape index (κ1) is 15.2. The molecule has 1 atom stereocenters. The summed E-state index contributed by atoms with van der Waals surface area (Å²) in [5.41, 5.74) is 5.87. The first-order chi connectivity index (χ1) is 9.56. The van der Waals surface area contributed by atoms with Crippen molar-refractivity contribution in [3.8, 4) is 11.1 Å². The second kappa shape index (κ2) is 6.47. The summed E-state index contributed by atoms with van der Waals surface area (Å²) in [6.07, 6.45) is 0.766. The maximum atomic E-state index is 14.4. The Kier molecular flexibility index (Phi) is 4.91. The molecule has 2 rings (SSSR count). The fraction of sp³-hybridized carbons (Fsp3) is 0.294. The summed E-state index contributed by atoms with van der Waals surface area (Å²) in [7, 11) is 4.30. The van der Waals surface area contributed by atoms with E-state index in [-0.39, 0.29) is 5.82 Å². The second-order valence-electron chi connectivity index (χ2n) is 5.06. The van der Waals surface area contributed by atoms with Crippen LogP contribution in [0.15, 0.2) is 30.3 Å². The van der Waals surface area contributed by atoms with Crippen molar-refractivity contribution in [1.29, 1.82) is 0 Å². The Balaban J connectivity index is 2.59. The summed E-state index contributed by atoms with van der Waals surface area (Å²) in [6, 6.07) is 9.60. The Morgan fingerprint density at radius 2 is 1.80 bits per heavy atom. The molecule has 20 heavy (non-hydrogen) atoms. The zero-order valence-electron chi connectivity index (χ0n) is 12.2. The maximum Gasteiger partial charge on any atom is 0.131 e. The van der Waals surface area contributed by atoms with Crippen molar-refractivity contribution in [3.63, 3.8) is 0 Å². The van der Waals surface area contributed by atoms with Gasteiger partial charge in [-0.2, -0.15) is 0 Å². The van der Waals surface area contributed by atoms with Crippen molar-refractivity contribution >= 4 is 9.24 Å². The molecule has 0 fully saturated rings. The van der Waals surface area contributed by atoms with Crippen molar-refractivity contribution in [2.75, 3.05) is 7.11 Å². The van der Waals surface area contributed by atoms with E-state index in [9.17, 15) is 4.39 Å². The molecule has 1 nitrogen and oxygen atoms in total. The first-order valence-corrected chi connectivity index (χ1v) is 7.46. The van der Waals surface area contributed by atoms with Gasteiger partial charge in [-0.05, 0) is 54.4 Å². The smallest absolute Gasteiger partial charge is 0.131 e. The van der Waals surface area contributed by atoms with Crippen LogP contribution < -0.4 is 0 Å². The topological polar surface area (TPSA) is 9.23 Å². The number of halogens is 1. The molecule has 0 N–H and O–H groups in total. The number of ether oxygens (including phenoxy) is 1. The highest BCUT2D eigenvalue weighted by Gasteiger charge is 2.12. The molecule has 0 heterocycles. The molecule has 0 aliphatic heterocycles. The second-order valence-corrected chi connectivity index (χ2v) is 5.46. The van der Waals surface area contributed by atoms with Gasteiger partial charge in [-0.25, -0.2) is 4.39 Å². The zero-order chi connectivity index (χ0) is 14.7. The Morgan fingerprint density at radius 1 is 1.05 bits per heavy atom. The highest BCUT2D eigenvalue weighted by molar-refractivity contribution is 7.15. The van der Waals surface area contributed by atoms with Gasteiger partial charge in [-0.3, -0.25) is 0 Å². The highest BCUT2D eigenvalue weighted by Crippen LogP contribution is 2.30. The van der Waals surface area contributed by atoms with E-state index in [4.69, 9.17) is 4.74 Å². The fourth-order valence-electron chi connectivity index (χ4n) is 2.41. The van der Waals surface area contributed by atoms with Gasteiger partial charge in [0.1, 0.15) is 5.82 Å². The van der Waals surface area contributed by atoms with Crippen LogP contribution in [0.5, 0.6) is 0 Å². The van der Waals surface area contributed by atoms with Crippen LogP contribution in [0.1, 0.15) is 22.3 Å². The fourth-order valence-corrected chi connectivity index (χ4v) is 2.85. The monoisotopic (exact) mass is 290 g/mol. The molecule has 0 aliphatic rings. The van der Waals surface area contributed by atoms with E-state index in [0.29, 0.717) is 12.2 Å². The Morgan fingerprint density at radius 3 is 2.45 bits per heavy atom. The molecule has 0 saturated carbocycles. The zero-order valence-corrected chi connectivity index (χ0v) is 13.3. The van der Waals surface area contributed by atoms with Crippen LogP contribution in [-0.4, -0.2) is 7.11 Å². The van der Waals surface area contributed by atoms with E-state index in [1.165, 1.54) is 0 Å². The maximum absolute atomic E-state index is 14.4. The van der Waals surface area contributed by atoms with Gasteiger partial charge >= 0.3 is 0 Å². The largest absolute Gasteiger partial charge is 0.380 e. The predicted octanol–water partition coefficient (Wildman–Crippen LogP) is 4.63. The quantitative estimate of drug-likeness (QED) is 0.746. The van der Waals surface area contributed by atoms with Gasteiger partial charge in [0, 0.05) is 12.7 Å². The van der Waals surface area contributed by atoms with E-state index in [2.05, 4.69) is 15.3 Å². The molecule has 0 aliphatic carbocycles. The van der Waals surface area contributed by atoms with Crippen LogP contribution in [0.25, 0.3) is 11.1 Å². The first-order valence-electron chi connectivity index (χ1n) is 6.64. The van der Waals surface area contributed by atoms with Crippen LogP contribution in [-0.2, 0) is 17.5 Å². The van der Waals surface area contributed by atoms with Crippen LogP contribution in [0.3, 0.4) is 0 Å². The van der Waals surface area contributed by atoms with Gasteiger partial charge < -0.3 is 4.74 Å². The summed E-state index contributed by atoms with van der Waals surface area (Å²) >= 11 is 0. The Bertz CT molecular complexity index is 623. The molecule has 2 aromatic carbocycles. The minimum Gasteiger partial charge on any atom is -0.380 e. The van der Waals surface area contributed by atoms with E-state index >= 15 is 0 Å². The number of rotatable bonds is 4. The summed E-state index contributed by atoms with van der Waals surface area (Å²) in [5.74, 6) is -0.172. The molecule has 0 saturated heterocycles. The highest BCUT2D eigenvalue weighted by atomic mass is 31.0. The van der Waals surface area contributed by atoms with Crippen molar-refractivity contribution < 1.29 is 9.13 Å². The van der Waals surface area contributed by atoms with Gasteiger partial charge in [0.25, 0.3) is 0 Å². The lowest BCUT2D eigenvalue weighted by Gasteiger charge is -2.13. The van der Waals surface area contributed by atoms with Crippen LogP contribution >= 0.6 is 9.24 Å². The van der Waals surface area contributed by atoms with Gasteiger partial charge in [0.05, 0.1) is 6.61 Å². The lowest BCUT2D eigenvalue weighted by Crippen LogP contribution is -1.97. The molecule has 3 heteroatoms. The molecule has 0 bridgehead atoms. The van der Waals surface area contributed by atoms with Crippen molar-refractivity contribution in [2.45, 2.75) is 26.6 Å². The molecule has 0 radical (unpaired) electrons. The van der Waals surface area contributed by atoms with Crippen molar-refractivity contribution in [3.05, 3.63) is 58.4 Å². The average Bonchev–Trinajstić information content (AvgIpc) is 2.42. The van der Waals surface area contributed by atoms with Gasteiger partial charge in [0.15, 0.2) is 0 Å². The van der Waals surface area contributed by atoms with E-state index < -0.39 is 0 Å². The molecular formula is C17H20FOP. The third-order valence-corrected chi connectivity index (χ3v) is 3.94. The van der Waals surface area contributed by atoms with Gasteiger partial charge in [-0.15, -0.1) is 9.24 Å². The third kappa shape index (κ3) is 3.08. The van der Waals surface area contributed by atoms with E-state index in [1.807, 2.05) is 32.0 Å². The molecule has 0 aromatic heterocycles. The lowest BCUT2D eigenvalue weighted by atomic mass is 9.95. The molecule has 0 amide bonds. The summed E-state index contributed by atoms with van der Waals surface area (Å²) < 4.78 is 19.6. The number of hydrogen-bond donors (Lipinski definition) is 0. The minimum atomic E-state index is -0.172. The number of methoxy groups -OCH3 is 1. The van der Waals surface area contributed by atoms with Crippen LogP contribution in [0, 0.1) is 19.7 Å². The summed E-state index contributed by atoms with van der Waals surface area (Å²) in [5, 5.41) is 0. The molecule has 2 aromatic rings. The van der Waals surface area contributed by atoms with Crippen LogP contribution in [0.2, 0.25) is 0 Å². The molecule has 0 spiro atoms. The molecule has 106 valence electrons. The summed E-state index contributed by atoms with van der Waals surface area (Å²) in [4.78, 5) is 0. The lowest BCUT2D eigenvalue weighted by molar-refractivity contribution is 0.185. The summed E-state index contributed by atoms with van der Waals surface area (Å²) in [6.45, 7) is 4.54. The number of hydrogen-bond acceptors (Lipinski definition) is 1. The number of benzene rings is 2. The van der Waals surface area contributed by atoms with E-state index in [1.54, 1.807) is 13.2 Å². The molecular weight excluding hydrogens is 270 g/mol. The standard InChI is InChI=1S/C17H20FOP/c1-11-4-5-15(13(6-11)9-19-3)16-7-12(2)14(10-20)8-17(16)18/h4-8H,9-10,20H2,1-3H3. The van der Waals surface area contributed by atoms with E-state index in [0.717, 1.165) is 34.0 Å². The molecule has 1 unspecified atom stereocenters. The average molecular weight is 290 g/mol. The Hall–Kier alpha value is -1.24. The van der Waals surface area contributed by atoms with Crippen molar-refractivity contribution in [2.24, 2.45) is 0 Å². The predicted molar refractivity (Wildman–Crippen MR) is 85.4 cm³/mol. The normalized spacial score (nSPS) is 10.8. The number of aryl methyl sites for hydroxylation is 2. The van der Waals surface area contributed by atoms with Gasteiger partial charge in [0.2, 0.25) is 0 Å². The van der Waals surface area contributed by atoms with Gasteiger partial charge in [-0.1, -0.05) is 23.8 Å². The Labute approximate surface area is 122 Å². The third-order valence-electron chi connectivity index (χ3n) is 3.50.